The third-order valence-corrected chi connectivity index (χ3v) is 3.05. The van der Waals surface area contributed by atoms with Crippen molar-refractivity contribution in [3.05, 3.63) is 0 Å². The second-order valence-corrected chi connectivity index (χ2v) is 5.07. The van der Waals surface area contributed by atoms with Crippen molar-refractivity contribution in [1.82, 2.24) is 0 Å². The van der Waals surface area contributed by atoms with E-state index in [1.54, 1.807) is 0 Å². The van der Waals surface area contributed by atoms with Gasteiger partial charge in [-0.2, -0.15) is 5.26 Å². The van der Waals surface area contributed by atoms with Crippen LogP contribution in [0.5, 0.6) is 0 Å². The molecule has 1 spiro atoms. The average molecular weight is 181 g/mol. The maximum atomic E-state index is 8.80. The monoisotopic (exact) mass is 181 g/mol. The summed E-state index contributed by atoms with van der Waals surface area (Å²) < 4.78 is 11.3. The average Bonchev–Trinajstić information content (AvgIpc) is 2.55. The topological polar surface area (TPSA) is 45.5 Å². The molecule has 2 saturated heterocycles. The molecule has 0 aromatic rings. The molecule has 2 rings (SSSR count). The van der Waals surface area contributed by atoms with Gasteiger partial charge in [0.05, 0.1) is 17.3 Å². The highest BCUT2D eigenvalue weighted by atomic mass is 16.7. The molecule has 2 heterocycles. The third kappa shape index (κ3) is 1.02. The van der Waals surface area contributed by atoms with E-state index in [1.807, 2.05) is 27.7 Å². The molecule has 2 aliphatic rings. The number of hydrogen-bond donors (Lipinski definition) is 0. The normalized spacial score (nSPS) is 44.7. The van der Waals surface area contributed by atoms with E-state index in [0.29, 0.717) is 0 Å². The number of nitriles is 1. The first-order chi connectivity index (χ1) is 5.83. The summed E-state index contributed by atoms with van der Waals surface area (Å²) in [6, 6.07) is 2.16. The zero-order valence-electron chi connectivity index (χ0n) is 8.55. The molecular weight excluding hydrogens is 166 g/mol. The lowest BCUT2D eigenvalue weighted by molar-refractivity contribution is -0.0786. The highest BCUT2D eigenvalue weighted by Crippen LogP contribution is 2.58. The molecule has 0 N–H and O–H groups in total. The highest BCUT2D eigenvalue weighted by Gasteiger charge is 2.73. The molecular formula is C10H15NO2. The molecule has 13 heavy (non-hydrogen) atoms. The van der Waals surface area contributed by atoms with Gasteiger partial charge in [-0.1, -0.05) is 0 Å². The number of rotatable bonds is 0. The summed E-state index contributed by atoms with van der Waals surface area (Å²) in [5.74, 6) is 0. The largest absolute Gasteiger partial charge is 0.366 e. The molecule has 2 unspecified atom stereocenters. The van der Waals surface area contributed by atoms with Gasteiger partial charge in [0.1, 0.15) is 5.60 Å². The Morgan fingerprint density at radius 1 is 1.31 bits per heavy atom. The molecule has 0 bridgehead atoms. The molecule has 2 atom stereocenters. The van der Waals surface area contributed by atoms with Crippen LogP contribution in [0.25, 0.3) is 0 Å². The fraction of sp³-hybridized carbons (Fsp3) is 0.900. The molecule has 0 saturated carbocycles. The van der Waals surface area contributed by atoms with E-state index < -0.39 is 0 Å². The lowest BCUT2D eigenvalue weighted by atomic mass is 9.84. The van der Waals surface area contributed by atoms with Crippen molar-refractivity contribution in [2.24, 2.45) is 0 Å². The fourth-order valence-electron chi connectivity index (χ4n) is 2.56. The maximum Gasteiger partial charge on any atom is 0.176 e. The van der Waals surface area contributed by atoms with Gasteiger partial charge in [0.2, 0.25) is 0 Å². The molecule has 0 aromatic heterocycles. The molecule has 0 radical (unpaired) electrons. The van der Waals surface area contributed by atoms with Crippen LogP contribution in [-0.2, 0) is 9.47 Å². The first kappa shape index (κ1) is 8.98. The van der Waals surface area contributed by atoms with Crippen LogP contribution in [0.4, 0.5) is 0 Å². The Bertz CT molecular complexity index is 290. The molecule has 0 amide bonds. The van der Waals surface area contributed by atoms with Crippen LogP contribution in [0.1, 0.15) is 34.1 Å². The van der Waals surface area contributed by atoms with Gasteiger partial charge in [0, 0.05) is 6.42 Å². The van der Waals surface area contributed by atoms with Gasteiger partial charge in [-0.3, -0.25) is 0 Å². The van der Waals surface area contributed by atoms with E-state index in [-0.39, 0.29) is 22.9 Å². The molecule has 0 aliphatic carbocycles. The molecule has 3 heteroatoms. The Labute approximate surface area is 78.6 Å². The van der Waals surface area contributed by atoms with Crippen LogP contribution in [0.15, 0.2) is 0 Å². The summed E-state index contributed by atoms with van der Waals surface area (Å²) in [4.78, 5) is 0. The van der Waals surface area contributed by atoms with Crippen molar-refractivity contribution in [1.29, 1.82) is 5.26 Å². The Kier molecular flexibility index (Phi) is 1.43. The smallest absolute Gasteiger partial charge is 0.176 e. The molecule has 2 fully saturated rings. The van der Waals surface area contributed by atoms with E-state index in [9.17, 15) is 0 Å². The van der Waals surface area contributed by atoms with Crippen molar-refractivity contribution in [3.8, 4) is 6.07 Å². The van der Waals surface area contributed by atoms with Crippen molar-refractivity contribution in [2.75, 3.05) is 0 Å². The van der Waals surface area contributed by atoms with Crippen LogP contribution in [0.2, 0.25) is 0 Å². The Morgan fingerprint density at radius 3 is 2.23 bits per heavy atom. The summed E-state index contributed by atoms with van der Waals surface area (Å²) in [6.07, 6.45) is 0.537. The SMILES string of the molecule is CC1(C)CC2(OC2C#N)C(C)(C)O1. The molecule has 0 aromatic carbocycles. The Balaban J connectivity index is 2.29. The minimum Gasteiger partial charge on any atom is -0.366 e. The predicted molar refractivity (Wildman–Crippen MR) is 47.1 cm³/mol. The first-order valence-electron chi connectivity index (χ1n) is 4.61. The third-order valence-electron chi connectivity index (χ3n) is 3.05. The van der Waals surface area contributed by atoms with Crippen LogP contribution in [0, 0.1) is 11.3 Å². The van der Waals surface area contributed by atoms with Crippen LogP contribution in [0.3, 0.4) is 0 Å². The van der Waals surface area contributed by atoms with Crippen LogP contribution < -0.4 is 0 Å². The summed E-state index contributed by atoms with van der Waals surface area (Å²) in [5.41, 5.74) is -0.850. The molecule has 72 valence electrons. The molecule has 2 aliphatic heterocycles. The minimum absolute atomic E-state index is 0.172. The highest BCUT2D eigenvalue weighted by molar-refractivity contribution is 5.25. The lowest BCUT2D eigenvalue weighted by Crippen LogP contribution is -2.37. The minimum atomic E-state index is -0.342. The van der Waals surface area contributed by atoms with Gasteiger partial charge < -0.3 is 9.47 Å². The van der Waals surface area contributed by atoms with E-state index in [1.165, 1.54) is 0 Å². The Hall–Kier alpha value is -0.590. The first-order valence-corrected chi connectivity index (χ1v) is 4.61. The number of ether oxygens (including phenoxy) is 2. The van der Waals surface area contributed by atoms with Gasteiger partial charge >= 0.3 is 0 Å². The van der Waals surface area contributed by atoms with Crippen molar-refractivity contribution < 1.29 is 9.47 Å². The number of epoxide rings is 1. The quantitative estimate of drug-likeness (QED) is 0.533. The maximum absolute atomic E-state index is 8.80. The second kappa shape index (κ2) is 2.08. The second-order valence-electron chi connectivity index (χ2n) is 5.07. The van der Waals surface area contributed by atoms with Crippen molar-refractivity contribution in [3.63, 3.8) is 0 Å². The van der Waals surface area contributed by atoms with Gasteiger partial charge in [0.15, 0.2) is 6.10 Å². The van der Waals surface area contributed by atoms with Gasteiger partial charge in [0.25, 0.3) is 0 Å². The number of hydrogen-bond acceptors (Lipinski definition) is 3. The Morgan fingerprint density at radius 2 is 1.92 bits per heavy atom. The fourth-order valence-corrected chi connectivity index (χ4v) is 2.56. The van der Waals surface area contributed by atoms with Crippen LogP contribution in [-0.4, -0.2) is 22.9 Å². The van der Waals surface area contributed by atoms with Gasteiger partial charge in [-0.15, -0.1) is 0 Å². The van der Waals surface area contributed by atoms with E-state index in [4.69, 9.17) is 14.7 Å². The standard InChI is InChI=1S/C10H15NO2/c1-8(2)6-10(7(5-11)12-10)9(3,4)13-8/h7H,6H2,1-4H3. The summed E-state index contributed by atoms with van der Waals surface area (Å²) in [7, 11) is 0. The van der Waals surface area contributed by atoms with Crippen LogP contribution >= 0.6 is 0 Å². The summed E-state index contributed by atoms with van der Waals surface area (Å²) in [5, 5.41) is 8.80. The van der Waals surface area contributed by atoms with E-state index in [0.717, 1.165) is 6.42 Å². The molecule has 3 nitrogen and oxygen atoms in total. The van der Waals surface area contributed by atoms with E-state index in [2.05, 4.69) is 6.07 Å². The van der Waals surface area contributed by atoms with E-state index >= 15 is 0 Å². The lowest BCUT2D eigenvalue weighted by Gasteiger charge is -2.25. The van der Waals surface area contributed by atoms with Crippen molar-refractivity contribution >= 4 is 0 Å². The zero-order valence-corrected chi connectivity index (χ0v) is 8.55. The predicted octanol–water partition coefficient (Wildman–Crippen LogP) is 1.63. The van der Waals surface area contributed by atoms with Gasteiger partial charge in [-0.25, -0.2) is 0 Å². The zero-order chi connectivity index (χ0) is 9.91. The summed E-state index contributed by atoms with van der Waals surface area (Å²) >= 11 is 0. The number of nitrogens with zero attached hydrogens (tertiary/aromatic N) is 1. The van der Waals surface area contributed by atoms with Gasteiger partial charge in [-0.05, 0) is 27.7 Å². The summed E-state index contributed by atoms with van der Waals surface area (Å²) in [6.45, 7) is 8.08. The van der Waals surface area contributed by atoms with Crippen molar-refractivity contribution in [2.45, 2.75) is 57.0 Å².